The minimum atomic E-state index is -5.08. The summed E-state index contributed by atoms with van der Waals surface area (Å²) in [5.74, 6) is -1.57. The van der Waals surface area contributed by atoms with Crippen molar-refractivity contribution in [2.75, 3.05) is 45.1 Å². The van der Waals surface area contributed by atoms with Gasteiger partial charge in [0, 0.05) is 37.6 Å². The number of nitrogens with zero attached hydrogens (tertiary/aromatic N) is 3. The van der Waals surface area contributed by atoms with Crippen molar-refractivity contribution in [1.29, 1.82) is 0 Å². The molecule has 0 unspecified atom stereocenters. The van der Waals surface area contributed by atoms with Crippen molar-refractivity contribution in [2.24, 2.45) is 5.92 Å². The summed E-state index contributed by atoms with van der Waals surface area (Å²) in [4.78, 5) is 29.4. The van der Waals surface area contributed by atoms with Gasteiger partial charge in [0.2, 0.25) is 5.95 Å². The Morgan fingerprint density at radius 3 is 1.96 bits per heavy atom. The maximum atomic E-state index is 10.6. The summed E-state index contributed by atoms with van der Waals surface area (Å²) in [5, 5.41) is 22.5. The smallest absolute Gasteiger partial charge is 0.490 e. The summed E-state index contributed by atoms with van der Waals surface area (Å²) in [5.41, 5.74) is 2.10. The molecule has 1 heterocycles. The van der Waals surface area contributed by atoms with Gasteiger partial charge in [0.05, 0.1) is 19.7 Å². The molecular weight excluding hydrogens is 640 g/mol. The van der Waals surface area contributed by atoms with E-state index in [2.05, 4.69) is 33.7 Å². The van der Waals surface area contributed by atoms with E-state index in [-0.39, 0.29) is 0 Å². The number of ether oxygens (including phenoxy) is 2. The molecule has 1 saturated carbocycles. The number of nitrogens with one attached hydrogen (secondary N) is 2. The fourth-order valence-corrected chi connectivity index (χ4v) is 4.66. The standard InChI is InChI=1S/C26H35N5O2.2C2HF3O2/c1-31(2)25-21-9-5-6-10-22(21)29-26(30-25)28-20-14-12-18(13-15-20)16-27-17-19-8-7-11-23(32-3)24(19)33-4;2*3-2(4,5)1(6)7/h5-11,18,20,27H,12-17H2,1-4H3,(H,28,29,30);2*(H,6,7)/t18-,20-;;. The van der Waals surface area contributed by atoms with Crippen molar-refractivity contribution in [3.8, 4) is 11.5 Å². The van der Waals surface area contributed by atoms with E-state index < -0.39 is 24.3 Å². The van der Waals surface area contributed by atoms with E-state index in [1.165, 1.54) is 12.8 Å². The number of anilines is 2. The second kappa shape index (κ2) is 17.4. The highest BCUT2D eigenvalue weighted by Gasteiger charge is 2.38. The lowest BCUT2D eigenvalue weighted by Gasteiger charge is -2.29. The molecule has 3 aromatic rings. The van der Waals surface area contributed by atoms with E-state index in [1.54, 1.807) is 14.2 Å². The van der Waals surface area contributed by atoms with Gasteiger partial charge < -0.3 is 35.2 Å². The number of benzene rings is 2. The lowest BCUT2D eigenvalue weighted by molar-refractivity contribution is -0.193. The largest absolute Gasteiger partial charge is 0.493 e. The Kier molecular flexibility index (Phi) is 14.3. The molecule has 0 bridgehead atoms. The lowest BCUT2D eigenvalue weighted by Crippen LogP contribution is -2.31. The van der Waals surface area contributed by atoms with E-state index in [9.17, 15) is 26.3 Å². The number of halogens is 6. The van der Waals surface area contributed by atoms with Gasteiger partial charge in [-0.2, -0.15) is 31.3 Å². The van der Waals surface area contributed by atoms with Gasteiger partial charge in [-0.1, -0.05) is 24.3 Å². The molecule has 0 amide bonds. The zero-order valence-electron chi connectivity index (χ0n) is 26.1. The van der Waals surface area contributed by atoms with Crippen molar-refractivity contribution < 1.29 is 55.6 Å². The Morgan fingerprint density at radius 1 is 0.872 bits per heavy atom. The van der Waals surface area contributed by atoms with Crippen LogP contribution in [-0.4, -0.2) is 85.4 Å². The average molecular weight is 678 g/mol. The molecule has 1 aromatic heterocycles. The van der Waals surface area contributed by atoms with Gasteiger partial charge in [-0.3, -0.25) is 0 Å². The van der Waals surface area contributed by atoms with Crippen LogP contribution < -0.4 is 25.0 Å². The number of alkyl halides is 6. The number of aromatic nitrogens is 2. The summed E-state index contributed by atoms with van der Waals surface area (Å²) in [6.07, 6.45) is -5.54. The molecule has 0 aliphatic heterocycles. The number of carbonyl (C=O) groups is 2. The SMILES string of the molecule is COc1cccc(CNC[C@H]2CC[C@H](Nc3nc(N(C)C)c4ccccc4n3)CC2)c1OC.O=C(O)C(F)(F)F.O=C(O)C(F)(F)F. The highest BCUT2D eigenvalue weighted by atomic mass is 19.4. The van der Waals surface area contributed by atoms with Crippen molar-refractivity contribution in [2.45, 2.75) is 50.6 Å². The predicted molar refractivity (Wildman–Crippen MR) is 162 cm³/mol. The third-order valence-electron chi connectivity index (χ3n) is 6.90. The van der Waals surface area contributed by atoms with Gasteiger partial charge in [-0.15, -0.1) is 0 Å². The molecule has 0 radical (unpaired) electrons. The molecule has 4 N–H and O–H groups in total. The van der Waals surface area contributed by atoms with Crippen LogP contribution in [0.15, 0.2) is 42.5 Å². The predicted octanol–water partition coefficient (Wildman–Crippen LogP) is 5.74. The molecule has 1 aliphatic carbocycles. The molecule has 0 spiro atoms. The third-order valence-corrected chi connectivity index (χ3v) is 6.90. The topological polar surface area (TPSA) is 146 Å². The maximum Gasteiger partial charge on any atom is 0.490 e. The van der Waals surface area contributed by atoms with E-state index in [0.29, 0.717) is 12.0 Å². The number of rotatable bonds is 9. The number of carboxylic acids is 2. The Labute approximate surface area is 266 Å². The second-order valence-electron chi connectivity index (χ2n) is 10.5. The number of hydrogen-bond acceptors (Lipinski definition) is 9. The molecule has 0 atom stereocenters. The van der Waals surface area contributed by atoms with Crippen LogP contribution in [0.1, 0.15) is 31.2 Å². The van der Waals surface area contributed by atoms with Crippen molar-refractivity contribution >= 4 is 34.6 Å². The van der Waals surface area contributed by atoms with Crippen molar-refractivity contribution in [1.82, 2.24) is 15.3 Å². The fraction of sp³-hybridized carbons (Fsp3) is 0.467. The molecule has 17 heteroatoms. The van der Waals surface area contributed by atoms with Crippen molar-refractivity contribution in [3.05, 3.63) is 48.0 Å². The maximum absolute atomic E-state index is 10.6. The molecular formula is C30H37F6N5O6. The third kappa shape index (κ3) is 12.3. The molecule has 260 valence electrons. The molecule has 4 rings (SSSR count). The van der Waals surface area contributed by atoms with Gasteiger partial charge in [-0.25, -0.2) is 14.6 Å². The quantitative estimate of drug-likeness (QED) is 0.206. The summed E-state index contributed by atoms with van der Waals surface area (Å²) in [7, 11) is 7.41. The van der Waals surface area contributed by atoms with Gasteiger partial charge in [-0.05, 0) is 56.3 Å². The zero-order valence-corrected chi connectivity index (χ0v) is 26.1. The molecule has 1 fully saturated rings. The van der Waals surface area contributed by atoms with Crippen LogP contribution in [0.2, 0.25) is 0 Å². The Balaban J connectivity index is 0.000000459. The van der Waals surface area contributed by atoms with Crippen LogP contribution in [0.25, 0.3) is 10.9 Å². The van der Waals surface area contributed by atoms with E-state index in [1.807, 2.05) is 38.4 Å². The Hall–Kier alpha value is -4.54. The van der Waals surface area contributed by atoms with Crippen LogP contribution in [-0.2, 0) is 16.1 Å². The van der Waals surface area contributed by atoms with E-state index in [4.69, 9.17) is 39.2 Å². The summed E-state index contributed by atoms with van der Waals surface area (Å²) >= 11 is 0. The molecule has 1 aliphatic rings. The first-order chi connectivity index (χ1) is 22.0. The van der Waals surface area contributed by atoms with Crippen LogP contribution in [0.4, 0.5) is 38.1 Å². The van der Waals surface area contributed by atoms with Gasteiger partial charge in [0.1, 0.15) is 5.82 Å². The second-order valence-corrected chi connectivity index (χ2v) is 10.5. The van der Waals surface area contributed by atoms with Crippen LogP contribution in [0.5, 0.6) is 11.5 Å². The zero-order chi connectivity index (χ0) is 35.4. The van der Waals surface area contributed by atoms with Crippen molar-refractivity contribution in [3.63, 3.8) is 0 Å². The van der Waals surface area contributed by atoms with E-state index in [0.717, 1.165) is 65.7 Å². The molecule has 47 heavy (non-hydrogen) atoms. The average Bonchev–Trinajstić information content (AvgIpc) is 3.01. The number of carboxylic acid groups (broad SMARTS) is 2. The normalized spacial score (nSPS) is 16.1. The minimum absolute atomic E-state index is 0.413. The molecule has 2 aromatic carbocycles. The minimum Gasteiger partial charge on any atom is -0.493 e. The lowest BCUT2D eigenvalue weighted by atomic mass is 9.86. The first-order valence-electron chi connectivity index (χ1n) is 14.2. The fourth-order valence-electron chi connectivity index (χ4n) is 4.66. The monoisotopic (exact) mass is 677 g/mol. The molecule has 0 saturated heterocycles. The first-order valence-corrected chi connectivity index (χ1v) is 14.2. The first kappa shape index (κ1) is 38.6. The molecule has 11 nitrogen and oxygen atoms in total. The van der Waals surface area contributed by atoms with Gasteiger partial charge in [0.25, 0.3) is 0 Å². The Bertz CT molecular complexity index is 1440. The number of methoxy groups -OCH3 is 2. The van der Waals surface area contributed by atoms with Gasteiger partial charge in [0.15, 0.2) is 11.5 Å². The number of hydrogen-bond donors (Lipinski definition) is 4. The van der Waals surface area contributed by atoms with Gasteiger partial charge >= 0.3 is 24.3 Å². The highest BCUT2D eigenvalue weighted by molar-refractivity contribution is 5.90. The summed E-state index contributed by atoms with van der Waals surface area (Å²) < 4.78 is 74.4. The van der Waals surface area contributed by atoms with Crippen LogP contribution in [0.3, 0.4) is 0 Å². The highest BCUT2D eigenvalue weighted by Crippen LogP contribution is 2.31. The summed E-state index contributed by atoms with van der Waals surface area (Å²) in [6, 6.07) is 14.6. The number of fused-ring (bicyclic) bond motifs is 1. The number of para-hydroxylation sites is 2. The number of aliphatic carboxylic acids is 2. The Morgan fingerprint density at radius 2 is 1.45 bits per heavy atom. The van der Waals surface area contributed by atoms with Crippen LogP contribution in [0, 0.1) is 5.92 Å². The summed E-state index contributed by atoms with van der Waals surface area (Å²) in [6.45, 7) is 1.78. The van der Waals surface area contributed by atoms with Crippen LogP contribution >= 0.6 is 0 Å². The van der Waals surface area contributed by atoms with E-state index >= 15 is 0 Å².